The van der Waals surface area contributed by atoms with Crippen LogP contribution in [0.25, 0.3) is 11.1 Å². The molecule has 1 aromatic carbocycles. The lowest BCUT2D eigenvalue weighted by Crippen LogP contribution is -2.24. The molecule has 0 aliphatic heterocycles. The van der Waals surface area contributed by atoms with E-state index in [2.05, 4.69) is 36.9 Å². The summed E-state index contributed by atoms with van der Waals surface area (Å²) in [6.07, 6.45) is 6.04. The minimum Gasteiger partial charge on any atom is -0.388 e. The molecule has 1 N–H and O–H groups in total. The first kappa shape index (κ1) is 20.8. The average Bonchev–Trinajstić information content (AvgIpc) is 3.28. The molecule has 0 saturated carbocycles. The van der Waals surface area contributed by atoms with Crippen molar-refractivity contribution in [2.45, 2.75) is 71.3 Å². The summed E-state index contributed by atoms with van der Waals surface area (Å²) in [5, 5.41) is 10.4. The summed E-state index contributed by atoms with van der Waals surface area (Å²) in [7, 11) is 0. The van der Waals surface area contributed by atoms with Gasteiger partial charge in [-0.1, -0.05) is 26.0 Å². The molecule has 0 bridgehead atoms. The molecule has 0 amide bonds. The molecule has 4 heteroatoms. The van der Waals surface area contributed by atoms with Crippen molar-refractivity contribution < 1.29 is 9.90 Å². The van der Waals surface area contributed by atoms with E-state index in [-0.39, 0.29) is 11.9 Å². The first-order valence-electron chi connectivity index (χ1n) is 11.2. The van der Waals surface area contributed by atoms with Gasteiger partial charge in [0, 0.05) is 4.88 Å². The van der Waals surface area contributed by atoms with Crippen LogP contribution in [-0.2, 0) is 12.8 Å². The highest BCUT2D eigenvalue weighted by atomic mass is 32.1. The fourth-order valence-corrected chi connectivity index (χ4v) is 6.42. The standard InChI is InChI=1S/C25H33NO2S/c1-4-26(5-2)14-6-7-18-9-8-17-10-11-19-20(12-13-22(19)28)24(17)21-15-23(16(3)27)29-25(18)21/h10-11,15,18,22,28H,4-9,12-14H2,1-3H3. The van der Waals surface area contributed by atoms with E-state index in [4.69, 9.17) is 0 Å². The number of benzene rings is 1. The van der Waals surface area contributed by atoms with Crippen LogP contribution in [-0.4, -0.2) is 35.4 Å². The summed E-state index contributed by atoms with van der Waals surface area (Å²) < 4.78 is 0. The van der Waals surface area contributed by atoms with E-state index in [0.717, 1.165) is 55.8 Å². The molecule has 1 heterocycles. The lowest BCUT2D eigenvalue weighted by molar-refractivity contribution is 0.102. The van der Waals surface area contributed by atoms with E-state index in [1.165, 1.54) is 40.0 Å². The second-order valence-electron chi connectivity index (χ2n) is 8.57. The maximum absolute atomic E-state index is 12.2. The summed E-state index contributed by atoms with van der Waals surface area (Å²) in [4.78, 5) is 17.0. The van der Waals surface area contributed by atoms with E-state index in [9.17, 15) is 9.90 Å². The molecule has 156 valence electrons. The SMILES string of the molecule is CCN(CC)CCCC1CCc2ccc3c(c2-c2cc(C(C)=O)sc21)CCC3O. The van der Waals surface area contributed by atoms with Gasteiger partial charge in [0.2, 0.25) is 0 Å². The fourth-order valence-electron chi connectivity index (χ4n) is 5.19. The van der Waals surface area contributed by atoms with Crippen molar-refractivity contribution in [2.75, 3.05) is 19.6 Å². The van der Waals surface area contributed by atoms with Crippen molar-refractivity contribution in [3.63, 3.8) is 0 Å². The van der Waals surface area contributed by atoms with Crippen LogP contribution in [0.4, 0.5) is 0 Å². The third kappa shape index (κ3) is 3.95. The van der Waals surface area contributed by atoms with Crippen LogP contribution in [0.2, 0.25) is 0 Å². The van der Waals surface area contributed by atoms with Gasteiger partial charge in [-0.15, -0.1) is 11.3 Å². The van der Waals surface area contributed by atoms with Crippen molar-refractivity contribution in [3.05, 3.63) is 44.6 Å². The second-order valence-corrected chi connectivity index (χ2v) is 9.66. The number of aliphatic hydroxyl groups is 1. The number of rotatable bonds is 7. The van der Waals surface area contributed by atoms with Gasteiger partial charge in [0.05, 0.1) is 11.0 Å². The van der Waals surface area contributed by atoms with Crippen LogP contribution >= 0.6 is 11.3 Å². The van der Waals surface area contributed by atoms with Crippen molar-refractivity contribution in [3.8, 4) is 11.1 Å². The van der Waals surface area contributed by atoms with Gasteiger partial charge in [-0.3, -0.25) is 4.79 Å². The molecular weight excluding hydrogens is 378 g/mol. The minimum atomic E-state index is -0.335. The number of nitrogens with zero attached hydrogens (tertiary/aromatic N) is 1. The summed E-state index contributed by atoms with van der Waals surface area (Å²) in [5.74, 6) is 0.687. The van der Waals surface area contributed by atoms with Crippen LogP contribution in [0.1, 0.15) is 89.7 Å². The molecule has 2 unspecified atom stereocenters. The predicted octanol–water partition coefficient (Wildman–Crippen LogP) is 5.75. The number of aryl methyl sites for hydroxylation is 1. The molecule has 0 spiro atoms. The molecule has 0 saturated heterocycles. The smallest absolute Gasteiger partial charge is 0.169 e. The number of ketones is 1. The number of carbonyl (C=O) groups excluding carboxylic acids is 1. The zero-order chi connectivity index (χ0) is 20.5. The largest absolute Gasteiger partial charge is 0.388 e. The highest BCUT2D eigenvalue weighted by Crippen LogP contribution is 2.49. The maximum Gasteiger partial charge on any atom is 0.169 e. The van der Waals surface area contributed by atoms with Crippen LogP contribution in [0, 0.1) is 0 Å². The maximum atomic E-state index is 12.2. The minimum absolute atomic E-state index is 0.166. The highest BCUT2D eigenvalue weighted by Gasteiger charge is 2.31. The molecule has 2 atom stereocenters. The predicted molar refractivity (Wildman–Crippen MR) is 121 cm³/mol. The zero-order valence-electron chi connectivity index (χ0n) is 18.0. The normalized spacial score (nSPS) is 20.3. The van der Waals surface area contributed by atoms with Crippen molar-refractivity contribution in [2.24, 2.45) is 0 Å². The van der Waals surface area contributed by atoms with Gasteiger partial charge in [0.15, 0.2) is 5.78 Å². The summed E-state index contributed by atoms with van der Waals surface area (Å²) in [5.41, 5.74) is 6.45. The number of hydrogen-bond acceptors (Lipinski definition) is 4. The Hall–Kier alpha value is -1.49. The third-order valence-corrected chi connectivity index (χ3v) is 8.29. The molecule has 3 nitrogen and oxygen atoms in total. The summed E-state index contributed by atoms with van der Waals surface area (Å²) in [6, 6.07) is 6.52. The van der Waals surface area contributed by atoms with Crippen molar-refractivity contribution >= 4 is 17.1 Å². The van der Waals surface area contributed by atoms with Gasteiger partial charge in [0.25, 0.3) is 0 Å². The van der Waals surface area contributed by atoms with E-state index in [1.807, 2.05) is 0 Å². The Labute approximate surface area is 178 Å². The molecule has 29 heavy (non-hydrogen) atoms. The lowest BCUT2D eigenvalue weighted by Gasteiger charge is -2.20. The molecule has 0 fully saturated rings. The first-order chi connectivity index (χ1) is 14.0. The molecule has 2 aromatic rings. The number of hydrogen-bond donors (Lipinski definition) is 1. The Bertz CT molecular complexity index is 896. The number of thiophene rings is 1. The summed E-state index contributed by atoms with van der Waals surface area (Å²) in [6.45, 7) is 9.52. The third-order valence-electron chi connectivity index (χ3n) is 6.89. The first-order valence-corrected chi connectivity index (χ1v) is 12.0. The van der Waals surface area contributed by atoms with E-state index in [0.29, 0.717) is 5.92 Å². The Balaban J connectivity index is 1.71. The molecule has 2 aliphatic rings. The quantitative estimate of drug-likeness (QED) is 0.590. The van der Waals surface area contributed by atoms with Gasteiger partial charge in [-0.2, -0.15) is 0 Å². The monoisotopic (exact) mass is 411 g/mol. The van der Waals surface area contributed by atoms with Gasteiger partial charge in [-0.25, -0.2) is 0 Å². The van der Waals surface area contributed by atoms with E-state index < -0.39 is 0 Å². The fraction of sp³-hybridized carbons (Fsp3) is 0.560. The Kier molecular flexibility index (Phi) is 6.24. The number of carbonyl (C=O) groups is 1. The lowest BCUT2D eigenvalue weighted by atomic mass is 9.91. The average molecular weight is 412 g/mol. The van der Waals surface area contributed by atoms with Crippen molar-refractivity contribution in [1.82, 2.24) is 4.90 Å². The Morgan fingerprint density at radius 1 is 1.21 bits per heavy atom. The molecule has 0 radical (unpaired) electrons. The van der Waals surface area contributed by atoms with Crippen LogP contribution in [0.5, 0.6) is 0 Å². The molecule has 4 rings (SSSR count). The highest BCUT2D eigenvalue weighted by molar-refractivity contribution is 7.14. The molecule has 2 aliphatic carbocycles. The topological polar surface area (TPSA) is 40.5 Å². The summed E-state index contributed by atoms with van der Waals surface area (Å²) >= 11 is 1.72. The Morgan fingerprint density at radius 2 is 2.00 bits per heavy atom. The number of Topliss-reactive ketones (excluding diaryl/α,β-unsaturated/α-hetero) is 1. The van der Waals surface area contributed by atoms with E-state index in [1.54, 1.807) is 18.3 Å². The van der Waals surface area contributed by atoms with Crippen LogP contribution in [0.3, 0.4) is 0 Å². The van der Waals surface area contributed by atoms with Gasteiger partial charge in [-0.05, 0) is 105 Å². The van der Waals surface area contributed by atoms with Gasteiger partial charge < -0.3 is 10.0 Å². The van der Waals surface area contributed by atoms with Crippen molar-refractivity contribution in [1.29, 1.82) is 0 Å². The van der Waals surface area contributed by atoms with Crippen LogP contribution < -0.4 is 0 Å². The Morgan fingerprint density at radius 3 is 2.72 bits per heavy atom. The molecular formula is C25H33NO2S. The second kappa shape index (κ2) is 8.71. The zero-order valence-corrected chi connectivity index (χ0v) is 18.8. The molecule has 1 aromatic heterocycles. The number of fused-ring (bicyclic) bond motifs is 5. The number of aliphatic hydroxyl groups excluding tert-OH is 1. The van der Waals surface area contributed by atoms with Gasteiger partial charge >= 0.3 is 0 Å². The van der Waals surface area contributed by atoms with E-state index >= 15 is 0 Å². The van der Waals surface area contributed by atoms with Crippen LogP contribution in [0.15, 0.2) is 18.2 Å². The van der Waals surface area contributed by atoms with Gasteiger partial charge in [0.1, 0.15) is 0 Å².